The van der Waals surface area contributed by atoms with Gasteiger partial charge in [0.2, 0.25) is 0 Å². The van der Waals surface area contributed by atoms with E-state index in [1.165, 1.54) is 54.3 Å². The number of nitrogens with zero attached hydrogens (tertiary/aromatic N) is 2. The van der Waals surface area contributed by atoms with Gasteiger partial charge in [-0.1, -0.05) is 31.2 Å². The number of nitrogens with one attached hydrogen (secondary N) is 1. The van der Waals surface area contributed by atoms with Crippen LogP contribution in [0.4, 0.5) is 0 Å². The summed E-state index contributed by atoms with van der Waals surface area (Å²) in [5.41, 5.74) is 4.19. The minimum atomic E-state index is 0.937. The van der Waals surface area contributed by atoms with Crippen molar-refractivity contribution in [2.75, 3.05) is 32.7 Å². The van der Waals surface area contributed by atoms with E-state index in [0.29, 0.717) is 0 Å². The quantitative estimate of drug-likeness (QED) is 0.830. The fraction of sp³-hybridized carbons (Fsp3) is 0.500. The fourth-order valence-corrected chi connectivity index (χ4v) is 4.07. The molecule has 0 unspecified atom stereocenters. The number of aryl methyl sites for hydroxylation is 1. The number of hydrogen-bond donors (Lipinski definition) is 1. The van der Waals surface area contributed by atoms with Crippen molar-refractivity contribution in [3.8, 4) is 0 Å². The van der Waals surface area contributed by atoms with Gasteiger partial charge in [-0.25, -0.2) is 0 Å². The van der Waals surface area contributed by atoms with Crippen LogP contribution in [0.3, 0.4) is 0 Å². The number of rotatable bonds is 7. The van der Waals surface area contributed by atoms with E-state index in [1.807, 2.05) is 11.3 Å². The summed E-state index contributed by atoms with van der Waals surface area (Å²) in [4.78, 5) is 6.54. The van der Waals surface area contributed by atoms with Crippen molar-refractivity contribution >= 4 is 11.3 Å². The van der Waals surface area contributed by atoms with Crippen molar-refractivity contribution in [1.29, 1.82) is 0 Å². The lowest BCUT2D eigenvalue weighted by Gasteiger charge is -2.34. The minimum absolute atomic E-state index is 0.937. The van der Waals surface area contributed by atoms with Crippen LogP contribution in [-0.2, 0) is 19.6 Å². The number of benzene rings is 1. The number of likely N-dealkylation sites (N-methyl/N-ethyl adjacent to an activating group) is 1. The summed E-state index contributed by atoms with van der Waals surface area (Å²) >= 11 is 1.84. The van der Waals surface area contributed by atoms with E-state index in [2.05, 4.69) is 64.7 Å². The van der Waals surface area contributed by atoms with Crippen LogP contribution in [0.5, 0.6) is 0 Å². The molecule has 0 radical (unpaired) electrons. The van der Waals surface area contributed by atoms with Gasteiger partial charge in [0.1, 0.15) is 0 Å². The predicted molar refractivity (Wildman–Crippen MR) is 103 cm³/mol. The first-order valence-corrected chi connectivity index (χ1v) is 9.89. The summed E-state index contributed by atoms with van der Waals surface area (Å²) in [6, 6.07) is 11.3. The second-order valence-electron chi connectivity index (χ2n) is 6.66. The number of thiophene rings is 1. The summed E-state index contributed by atoms with van der Waals surface area (Å²) in [5, 5.41) is 5.72. The predicted octanol–water partition coefficient (Wildman–Crippen LogP) is 3.48. The second kappa shape index (κ2) is 8.77. The van der Waals surface area contributed by atoms with Gasteiger partial charge in [-0.2, -0.15) is 0 Å². The van der Waals surface area contributed by atoms with E-state index in [1.54, 1.807) is 0 Å². The zero-order valence-corrected chi connectivity index (χ0v) is 15.7. The van der Waals surface area contributed by atoms with Crippen LogP contribution >= 0.6 is 11.3 Å². The lowest BCUT2D eigenvalue weighted by Crippen LogP contribution is -2.45. The standard InChI is InChI=1S/C20H29N3S/c1-3-22-9-11-23(12-10-22)16-19-6-4-18(5-7-19)14-21-15-20-17(2)8-13-24-20/h4-8,13,21H,3,9-12,14-16H2,1-2H3. The number of piperazine rings is 1. The molecule has 1 aliphatic rings. The summed E-state index contributed by atoms with van der Waals surface area (Å²) in [5.74, 6) is 0. The first-order valence-electron chi connectivity index (χ1n) is 9.01. The van der Waals surface area contributed by atoms with Gasteiger partial charge in [-0.15, -0.1) is 11.3 Å². The van der Waals surface area contributed by atoms with Crippen LogP contribution in [0.15, 0.2) is 35.7 Å². The monoisotopic (exact) mass is 343 g/mol. The highest BCUT2D eigenvalue weighted by molar-refractivity contribution is 7.10. The lowest BCUT2D eigenvalue weighted by atomic mass is 10.1. The van der Waals surface area contributed by atoms with Crippen LogP contribution in [-0.4, -0.2) is 42.5 Å². The third-order valence-electron chi connectivity index (χ3n) is 4.92. The molecule has 24 heavy (non-hydrogen) atoms. The van der Waals surface area contributed by atoms with E-state index in [0.717, 1.165) is 19.6 Å². The van der Waals surface area contributed by atoms with Gasteiger partial charge in [0, 0.05) is 50.7 Å². The average Bonchev–Trinajstić information content (AvgIpc) is 3.02. The van der Waals surface area contributed by atoms with Gasteiger partial charge >= 0.3 is 0 Å². The molecule has 1 N–H and O–H groups in total. The third kappa shape index (κ3) is 4.90. The SMILES string of the molecule is CCN1CCN(Cc2ccc(CNCc3sccc3C)cc2)CC1. The molecular weight excluding hydrogens is 314 g/mol. The largest absolute Gasteiger partial charge is 0.308 e. The Morgan fingerprint density at radius 1 is 0.917 bits per heavy atom. The molecule has 0 aliphatic carbocycles. The molecule has 0 atom stereocenters. The molecule has 3 nitrogen and oxygen atoms in total. The molecule has 2 heterocycles. The maximum atomic E-state index is 3.55. The molecule has 1 aliphatic heterocycles. The molecule has 4 heteroatoms. The van der Waals surface area contributed by atoms with Crippen LogP contribution in [0.25, 0.3) is 0 Å². The molecule has 0 saturated carbocycles. The molecule has 0 amide bonds. The Bertz CT molecular complexity index is 612. The zero-order chi connectivity index (χ0) is 16.8. The van der Waals surface area contributed by atoms with Crippen LogP contribution < -0.4 is 5.32 Å². The highest BCUT2D eigenvalue weighted by atomic mass is 32.1. The summed E-state index contributed by atoms with van der Waals surface area (Å²) < 4.78 is 0. The maximum absolute atomic E-state index is 3.55. The molecule has 2 aromatic rings. The van der Waals surface area contributed by atoms with Gasteiger partial charge in [-0.05, 0) is 41.6 Å². The first-order chi connectivity index (χ1) is 11.7. The molecule has 1 saturated heterocycles. The Morgan fingerprint density at radius 3 is 2.21 bits per heavy atom. The Labute approximate surface area is 150 Å². The maximum Gasteiger partial charge on any atom is 0.0305 e. The Hall–Kier alpha value is -1.20. The van der Waals surface area contributed by atoms with E-state index in [-0.39, 0.29) is 0 Å². The first kappa shape index (κ1) is 17.6. The van der Waals surface area contributed by atoms with Crippen molar-refractivity contribution in [2.45, 2.75) is 33.5 Å². The molecular formula is C20H29N3S. The Balaban J connectivity index is 1.43. The molecule has 130 valence electrons. The molecule has 1 aromatic heterocycles. The van der Waals surface area contributed by atoms with Gasteiger partial charge in [-0.3, -0.25) is 4.90 Å². The van der Waals surface area contributed by atoms with Gasteiger partial charge in [0.15, 0.2) is 0 Å². The van der Waals surface area contributed by atoms with Crippen molar-refractivity contribution in [3.05, 3.63) is 57.3 Å². The fourth-order valence-electron chi connectivity index (χ4n) is 3.19. The van der Waals surface area contributed by atoms with Crippen LogP contribution in [0, 0.1) is 6.92 Å². The van der Waals surface area contributed by atoms with E-state index in [4.69, 9.17) is 0 Å². The second-order valence-corrected chi connectivity index (χ2v) is 7.66. The van der Waals surface area contributed by atoms with Crippen molar-refractivity contribution < 1.29 is 0 Å². The third-order valence-corrected chi connectivity index (χ3v) is 5.95. The van der Waals surface area contributed by atoms with Crippen molar-refractivity contribution in [2.24, 2.45) is 0 Å². The highest BCUT2D eigenvalue weighted by Crippen LogP contribution is 2.15. The minimum Gasteiger partial charge on any atom is -0.308 e. The van der Waals surface area contributed by atoms with Gasteiger partial charge in [0.05, 0.1) is 0 Å². The normalized spacial score (nSPS) is 16.6. The molecule has 0 bridgehead atoms. The average molecular weight is 344 g/mol. The number of hydrogen-bond acceptors (Lipinski definition) is 4. The Morgan fingerprint density at radius 2 is 1.58 bits per heavy atom. The van der Waals surface area contributed by atoms with E-state index in [9.17, 15) is 0 Å². The summed E-state index contributed by atoms with van der Waals surface area (Å²) in [7, 11) is 0. The molecule has 3 rings (SSSR count). The topological polar surface area (TPSA) is 18.5 Å². The highest BCUT2D eigenvalue weighted by Gasteiger charge is 2.15. The molecule has 1 aromatic carbocycles. The van der Waals surface area contributed by atoms with Crippen molar-refractivity contribution in [3.63, 3.8) is 0 Å². The zero-order valence-electron chi connectivity index (χ0n) is 14.9. The van der Waals surface area contributed by atoms with Gasteiger partial charge in [0.25, 0.3) is 0 Å². The van der Waals surface area contributed by atoms with Gasteiger partial charge < -0.3 is 10.2 Å². The van der Waals surface area contributed by atoms with Crippen LogP contribution in [0.2, 0.25) is 0 Å². The van der Waals surface area contributed by atoms with E-state index < -0.39 is 0 Å². The molecule has 0 spiro atoms. The smallest absolute Gasteiger partial charge is 0.0305 e. The van der Waals surface area contributed by atoms with Crippen LogP contribution in [0.1, 0.15) is 28.5 Å². The molecule has 1 fully saturated rings. The summed E-state index contributed by atoms with van der Waals surface area (Å²) in [6.45, 7) is 13.4. The lowest BCUT2D eigenvalue weighted by molar-refractivity contribution is 0.132. The van der Waals surface area contributed by atoms with E-state index >= 15 is 0 Å². The Kier molecular flexibility index (Phi) is 6.44. The summed E-state index contributed by atoms with van der Waals surface area (Å²) in [6.07, 6.45) is 0. The van der Waals surface area contributed by atoms with Crippen molar-refractivity contribution in [1.82, 2.24) is 15.1 Å².